The van der Waals surface area contributed by atoms with Gasteiger partial charge in [0, 0.05) is 25.8 Å². The summed E-state index contributed by atoms with van der Waals surface area (Å²) in [7, 11) is 0. The number of piperidine rings is 1. The molecule has 0 unspecified atom stereocenters. The Morgan fingerprint density at radius 3 is 2.59 bits per heavy atom. The molecule has 1 aliphatic rings. The van der Waals surface area contributed by atoms with Crippen LogP contribution in [0.2, 0.25) is 0 Å². The molecule has 22 heavy (non-hydrogen) atoms. The van der Waals surface area contributed by atoms with Crippen LogP contribution in [-0.2, 0) is 14.3 Å². The number of rotatable bonds is 7. The van der Waals surface area contributed by atoms with Crippen LogP contribution in [0.4, 0.5) is 0 Å². The molecule has 0 aromatic carbocycles. The summed E-state index contributed by atoms with van der Waals surface area (Å²) in [4.78, 5) is 25.6. The number of hydrogen-bond donors (Lipinski definition) is 1. The molecule has 6 nitrogen and oxygen atoms in total. The molecule has 6 heteroatoms. The van der Waals surface area contributed by atoms with Crippen LogP contribution in [0.5, 0.6) is 0 Å². The van der Waals surface area contributed by atoms with E-state index in [0.717, 1.165) is 19.4 Å². The second kappa shape index (κ2) is 9.82. The van der Waals surface area contributed by atoms with Crippen molar-refractivity contribution in [3.8, 4) is 6.07 Å². The minimum Gasteiger partial charge on any atom is -0.466 e. The zero-order valence-electron chi connectivity index (χ0n) is 13.4. The summed E-state index contributed by atoms with van der Waals surface area (Å²) in [5.41, 5.74) is 0.116. The maximum Gasteiger partial charge on any atom is 0.309 e. The first-order valence-electron chi connectivity index (χ1n) is 7.93. The molecule has 0 bridgehead atoms. The number of likely N-dealkylation sites (tertiary alicyclic amines) is 1. The number of nitriles is 1. The van der Waals surface area contributed by atoms with Crippen LogP contribution >= 0.6 is 0 Å². The van der Waals surface area contributed by atoms with Gasteiger partial charge in [-0.3, -0.25) is 9.59 Å². The van der Waals surface area contributed by atoms with Gasteiger partial charge in [0.15, 0.2) is 0 Å². The first-order chi connectivity index (χ1) is 10.6. The minimum atomic E-state index is -0.270. The average Bonchev–Trinajstić information content (AvgIpc) is 2.55. The van der Waals surface area contributed by atoms with Crippen molar-refractivity contribution < 1.29 is 14.3 Å². The van der Waals surface area contributed by atoms with Gasteiger partial charge in [0.05, 0.1) is 12.5 Å². The third kappa shape index (κ3) is 5.40. The molecule has 1 saturated heterocycles. The highest BCUT2D eigenvalue weighted by molar-refractivity contribution is 5.97. The van der Waals surface area contributed by atoms with Gasteiger partial charge >= 0.3 is 5.97 Å². The predicted octanol–water partition coefficient (Wildman–Crippen LogP) is 1.59. The Labute approximate surface area is 132 Å². The standard InChI is InChI=1S/C16H25N3O3/c1-3-5-8-18-12-14(11-17)15(20)19-9-6-13(7-10-19)16(21)22-4-2/h12-13,18H,3-10H2,1-2H3/b14-12-. The molecule has 0 aliphatic carbocycles. The summed E-state index contributed by atoms with van der Waals surface area (Å²) in [6, 6.07) is 1.95. The molecule has 1 aliphatic heterocycles. The molecule has 122 valence electrons. The van der Waals surface area contributed by atoms with E-state index in [4.69, 9.17) is 10.00 Å². The average molecular weight is 307 g/mol. The number of unbranched alkanes of at least 4 members (excludes halogenated alkanes) is 1. The van der Waals surface area contributed by atoms with E-state index >= 15 is 0 Å². The first kappa shape index (κ1) is 18.0. The molecular formula is C16H25N3O3. The van der Waals surface area contributed by atoms with E-state index in [1.54, 1.807) is 11.8 Å². The lowest BCUT2D eigenvalue weighted by atomic mass is 9.96. The van der Waals surface area contributed by atoms with Crippen LogP contribution < -0.4 is 5.32 Å². The van der Waals surface area contributed by atoms with Crippen molar-refractivity contribution >= 4 is 11.9 Å². The quantitative estimate of drug-likeness (QED) is 0.334. The number of ether oxygens (including phenoxy) is 1. The molecule has 1 fully saturated rings. The fourth-order valence-electron chi connectivity index (χ4n) is 2.34. The fourth-order valence-corrected chi connectivity index (χ4v) is 2.34. The maximum atomic E-state index is 12.3. The Morgan fingerprint density at radius 1 is 1.36 bits per heavy atom. The Kier molecular flexibility index (Phi) is 8.05. The van der Waals surface area contributed by atoms with E-state index in [1.165, 1.54) is 6.20 Å². The molecule has 0 saturated carbocycles. The van der Waals surface area contributed by atoms with Crippen LogP contribution in [0.25, 0.3) is 0 Å². The number of nitrogens with one attached hydrogen (secondary N) is 1. The summed E-state index contributed by atoms with van der Waals surface area (Å²) < 4.78 is 5.01. The van der Waals surface area contributed by atoms with Gasteiger partial charge in [-0.15, -0.1) is 0 Å². The molecule has 1 amide bonds. The molecule has 1 rings (SSSR count). The second-order valence-corrected chi connectivity index (χ2v) is 5.30. The van der Waals surface area contributed by atoms with E-state index < -0.39 is 0 Å². The van der Waals surface area contributed by atoms with Gasteiger partial charge in [-0.05, 0) is 26.2 Å². The highest BCUT2D eigenvalue weighted by Crippen LogP contribution is 2.19. The normalized spacial score (nSPS) is 16.0. The topological polar surface area (TPSA) is 82.4 Å². The van der Waals surface area contributed by atoms with Gasteiger partial charge in [-0.1, -0.05) is 13.3 Å². The highest BCUT2D eigenvalue weighted by Gasteiger charge is 2.29. The lowest BCUT2D eigenvalue weighted by molar-refractivity contribution is -0.150. The van der Waals surface area contributed by atoms with Crippen molar-refractivity contribution in [2.45, 2.75) is 39.5 Å². The van der Waals surface area contributed by atoms with Crippen LogP contribution in [0.3, 0.4) is 0 Å². The van der Waals surface area contributed by atoms with Crippen molar-refractivity contribution in [1.82, 2.24) is 10.2 Å². The third-order valence-corrected chi connectivity index (χ3v) is 3.67. The van der Waals surface area contributed by atoms with Crippen molar-refractivity contribution in [3.05, 3.63) is 11.8 Å². The summed E-state index contributed by atoms with van der Waals surface area (Å²) in [5, 5.41) is 12.1. The number of amides is 1. The number of hydrogen-bond acceptors (Lipinski definition) is 5. The number of carbonyl (C=O) groups is 2. The zero-order chi connectivity index (χ0) is 16.4. The Morgan fingerprint density at radius 2 is 2.05 bits per heavy atom. The second-order valence-electron chi connectivity index (χ2n) is 5.30. The molecule has 0 spiro atoms. The highest BCUT2D eigenvalue weighted by atomic mass is 16.5. The van der Waals surface area contributed by atoms with Crippen molar-refractivity contribution in [1.29, 1.82) is 5.26 Å². The van der Waals surface area contributed by atoms with Crippen molar-refractivity contribution in [2.24, 2.45) is 5.92 Å². The predicted molar refractivity (Wildman–Crippen MR) is 82.5 cm³/mol. The summed E-state index contributed by atoms with van der Waals surface area (Å²) in [6.07, 6.45) is 4.72. The lowest BCUT2D eigenvalue weighted by Crippen LogP contribution is -2.41. The maximum absolute atomic E-state index is 12.3. The Hall–Kier alpha value is -2.03. The van der Waals surface area contributed by atoms with Gasteiger partial charge in [0.25, 0.3) is 5.91 Å². The van der Waals surface area contributed by atoms with Crippen molar-refractivity contribution in [2.75, 3.05) is 26.2 Å². The van der Waals surface area contributed by atoms with Gasteiger partial charge in [-0.25, -0.2) is 0 Å². The van der Waals surface area contributed by atoms with Crippen LogP contribution in [-0.4, -0.2) is 43.0 Å². The largest absolute Gasteiger partial charge is 0.466 e. The van der Waals surface area contributed by atoms with E-state index in [2.05, 4.69) is 12.2 Å². The summed E-state index contributed by atoms with van der Waals surface area (Å²) in [5.74, 6) is -0.595. The number of nitrogens with zero attached hydrogens (tertiary/aromatic N) is 2. The molecule has 0 aromatic rings. The molecule has 0 aromatic heterocycles. The Balaban J connectivity index is 2.49. The molecular weight excluding hydrogens is 282 g/mol. The SMILES string of the molecule is CCCCN/C=C(/C#N)C(=O)N1CCC(C(=O)OCC)CC1. The third-order valence-electron chi connectivity index (χ3n) is 3.67. The smallest absolute Gasteiger partial charge is 0.309 e. The fraction of sp³-hybridized carbons (Fsp3) is 0.688. The van der Waals surface area contributed by atoms with Gasteiger partial charge in [0.2, 0.25) is 0 Å². The monoisotopic (exact) mass is 307 g/mol. The summed E-state index contributed by atoms with van der Waals surface area (Å²) >= 11 is 0. The van der Waals surface area contributed by atoms with E-state index in [9.17, 15) is 9.59 Å². The molecule has 0 radical (unpaired) electrons. The first-order valence-corrected chi connectivity index (χ1v) is 7.93. The van der Waals surface area contributed by atoms with Gasteiger partial charge < -0.3 is 15.0 Å². The number of carbonyl (C=O) groups excluding carboxylic acids is 2. The molecule has 1 heterocycles. The van der Waals surface area contributed by atoms with Crippen LogP contribution in [0.1, 0.15) is 39.5 Å². The zero-order valence-corrected chi connectivity index (χ0v) is 13.4. The van der Waals surface area contributed by atoms with Crippen LogP contribution in [0, 0.1) is 17.2 Å². The van der Waals surface area contributed by atoms with E-state index in [0.29, 0.717) is 32.5 Å². The minimum absolute atomic E-state index is 0.116. The van der Waals surface area contributed by atoms with Crippen molar-refractivity contribution in [3.63, 3.8) is 0 Å². The number of esters is 1. The molecule has 1 N–H and O–H groups in total. The van der Waals surface area contributed by atoms with Crippen LogP contribution in [0.15, 0.2) is 11.8 Å². The Bertz CT molecular complexity index is 446. The van der Waals surface area contributed by atoms with Gasteiger partial charge in [0.1, 0.15) is 11.6 Å². The van der Waals surface area contributed by atoms with Gasteiger partial charge in [-0.2, -0.15) is 5.26 Å². The lowest BCUT2D eigenvalue weighted by Gasteiger charge is -2.30. The summed E-state index contributed by atoms with van der Waals surface area (Å²) in [6.45, 7) is 5.96. The van der Waals surface area contributed by atoms with E-state index in [-0.39, 0.29) is 23.4 Å². The molecule has 0 atom stereocenters. The van der Waals surface area contributed by atoms with E-state index in [1.807, 2.05) is 6.07 Å².